The van der Waals surface area contributed by atoms with E-state index in [9.17, 15) is 4.79 Å². The molecule has 3 fully saturated rings. The van der Waals surface area contributed by atoms with Crippen LogP contribution in [-0.2, 0) is 4.79 Å². The number of carbonyl (C=O) groups excluding carboxylic acids is 1. The zero-order chi connectivity index (χ0) is 14.7. The highest BCUT2D eigenvalue weighted by atomic mass is 16.2. The molecule has 0 aromatic carbocycles. The second kappa shape index (κ2) is 7.10. The predicted molar refractivity (Wildman–Crippen MR) is 85.2 cm³/mol. The average molecular weight is 293 g/mol. The summed E-state index contributed by atoms with van der Waals surface area (Å²) < 4.78 is 0. The van der Waals surface area contributed by atoms with E-state index >= 15 is 0 Å². The summed E-state index contributed by atoms with van der Waals surface area (Å²) in [5, 5.41) is 3.44. The molecular formula is C17H31N3O. The second-order valence-corrected chi connectivity index (χ2v) is 7.24. The minimum Gasteiger partial charge on any atom is -0.341 e. The lowest BCUT2D eigenvalue weighted by Gasteiger charge is -2.37. The molecule has 3 rings (SSSR count). The van der Waals surface area contributed by atoms with Crippen molar-refractivity contribution in [3.8, 4) is 0 Å². The Hall–Kier alpha value is -0.610. The van der Waals surface area contributed by atoms with Gasteiger partial charge in [0.25, 0.3) is 0 Å². The van der Waals surface area contributed by atoms with E-state index in [1.165, 1.54) is 38.5 Å². The van der Waals surface area contributed by atoms with Crippen molar-refractivity contribution in [2.75, 3.05) is 32.7 Å². The lowest BCUT2D eigenvalue weighted by molar-refractivity contribution is -0.137. The summed E-state index contributed by atoms with van der Waals surface area (Å²) in [6, 6.07) is 0.815. The Morgan fingerprint density at radius 1 is 0.952 bits per heavy atom. The van der Waals surface area contributed by atoms with Gasteiger partial charge in [-0.2, -0.15) is 0 Å². The molecule has 120 valence electrons. The van der Waals surface area contributed by atoms with Gasteiger partial charge in [0.05, 0.1) is 6.04 Å². The standard InChI is InChI=1S/C17H31N3O/c1-14-4-2-11-19(13-8-14)17(21)16-5-3-12-20(16)15-6-9-18-10-7-15/h14-16,18H,2-13H2,1H3. The van der Waals surface area contributed by atoms with Crippen LogP contribution in [0.4, 0.5) is 0 Å². The van der Waals surface area contributed by atoms with E-state index in [0.717, 1.165) is 45.1 Å². The molecular weight excluding hydrogens is 262 g/mol. The monoisotopic (exact) mass is 293 g/mol. The summed E-state index contributed by atoms with van der Waals surface area (Å²) in [6.07, 6.45) is 8.35. The van der Waals surface area contributed by atoms with Gasteiger partial charge in [-0.3, -0.25) is 9.69 Å². The topological polar surface area (TPSA) is 35.6 Å². The first-order valence-electron chi connectivity index (χ1n) is 9.01. The molecule has 0 bridgehead atoms. The number of rotatable bonds is 2. The highest BCUT2D eigenvalue weighted by molar-refractivity contribution is 5.82. The maximum Gasteiger partial charge on any atom is 0.239 e. The highest BCUT2D eigenvalue weighted by Gasteiger charge is 2.37. The number of hydrogen-bond donors (Lipinski definition) is 1. The Balaban J connectivity index is 1.62. The van der Waals surface area contributed by atoms with Crippen molar-refractivity contribution >= 4 is 5.91 Å². The van der Waals surface area contributed by atoms with Crippen molar-refractivity contribution in [1.29, 1.82) is 0 Å². The van der Waals surface area contributed by atoms with Crippen LogP contribution in [-0.4, -0.2) is 60.5 Å². The number of likely N-dealkylation sites (tertiary alicyclic amines) is 2. The van der Waals surface area contributed by atoms with Gasteiger partial charge >= 0.3 is 0 Å². The van der Waals surface area contributed by atoms with Crippen molar-refractivity contribution in [1.82, 2.24) is 15.1 Å². The number of carbonyl (C=O) groups is 1. The lowest BCUT2D eigenvalue weighted by atomic mass is 10.0. The molecule has 4 nitrogen and oxygen atoms in total. The molecule has 2 unspecified atom stereocenters. The fourth-order valence-electron chi connectivity index (χ4n) is 4.32. The summed E-state index contributed by atoms with van der Waals surface area (Å²) in [5.74, 6) is 1.21. The summed E-state index contributed by atoms with van der Waals surface area (Å²) in [4.78, 5) is 17.7. The Morgan fingerprint density at radius 3 is 2.52 bits per heavy atom. The normalized spacial score (nSPS) is 33.1. The fraction of sp³-hybridized carbons (Fsp3) is 0.941. The first-order valence-corrected chi connectivity index (χ1v) is 9.01. The molecule has 3 aliphatic rings. The van der Waals surface area contributed by atoms with Crippen molar-refractivity contribution < 1.29 is 4.79 Å². The largest absolute Gasteiger partial charge is 0.341 e. The van der Waals surface area contributed by atoms with Gasteiger partial charge in [-0.25, -0.2) is 0 Å². The number of nitrogens with zero attached hydrogens (tertiary/aromatic N) is 2. The Bertz CT molecular complexity index is 354. The first-order chi connectivity index (χ1) is 10.3. The molecule has 1 N–H and O–H groups in total. The van der Waals surface area contributed by atoms with Crippen LogP contribution >= 0.6 is 0 Å². The Labute approximate surface area is 129 Å². The van der Waals surface area contributed by atoms with Gasteiger partial charge in [-0.1, -0.05) is 6.92 Å². The minimum atomic E-state index is 0.182. The van der Waals surface area contributed by atoms with Gasteiger partial charge in [0.1, 0.15) is 0 Å². The van der Waals surface area contributed by atoms with E-state index in [2.05, 4.69) is 22.0 Å². The van der Waals surface area contributed by atoms with Crippen LogP contribution in [0.15, 0.2) is 0 Å². The third-order valence-corrected chi connectivity index (χ3v) is 5.69. The van der Waals surface area contributed by atoms with Gasteiger partial charge in [-0.05, 0) is 70.5 Å². The molecule has 0 saturated carbocycles. The van der Waals surface area contributed by atoms with Crippen LogP contribution in [0, 0.1) is 5.92 Å². The van der Waals surface area contributed by atoms with Crippen LogP contribution in [0.3, 0.4) is 0 Å². The minimum absolute atomic E-state index is 0.182. The number of piperidine rings is 1. The van der Waals surface area contributed by atoms with Crippen molar-refractivity contribution in [2.45, 2.75) is 64.0 Å². The van der Waals surface area contributed by atoms with E-state index < -0.39 is 0 Å². The maximum absolute atomic E-state index is 13.0. The van der Waals surface area contributed by atoms with Crippen LogP contribution < -0.4 is 5.32 Å². The fourth-order valence-corrected chi connectivity index (χ4v) is 4.32. The summed E-state index contributed by atoms with van der Waals surface area (Å²) in [6.45, 7) is 7.65. The lowest BCUT2D eigenvalue weighted by Crippen LogP contribution is -2.51. The van der Waals surface area contributed by atoms with E-state index in [-0.39, 0.29) is 6.04 Å². The van der Waals surface area contributed by atoms with Crippen molar-refractivity contribution in [3.05, 3.63) is 0 Å². The average Bonchev–Trinajstić information content (AvgIpc) is 2.90. The summed E-state index contributed by atoms with van der Waals surface area (Å²) >= 11 is 0. The maximum atomic E-state index is 13.0. The van der Waals surface area contributed by atoms with E-state index in [1.54, 1.807) is 0 Å². The predicted octanol–water partition coefficient (Wildman–Crippen LogP) is 1.85. The third kappa shape index (κ3) is 3.59. The Kier molecular flexibility index (Phi) is 5.17. The smallest absolute Gasteiger partial charge is 0.239 e. The van der Waals surface area contributed by atoms with E-state index in [1.807, 2.05) is 0 Å². The molecule has 0 aliphatic carbocycles. The van der Waals surface area contributed by atoms with E-state index in [4.69, 9.17) is 0 Å². The molecule has 0 aromatic rings. The zero-order valence-electron chi connectivity index (χ0n) is 13.5. The Morgan fingerprint density at radius 2 is 1.71 bits per heavy atom. The zero-order valence-corrected chi connectivity index (χ0v) is 13.5. The molecule has 3 aliphatic heterocycles. The second-order valence-electron chi connectivity index (χ2n) is 7.24. The number of hydrogen-bond acceptors (Lipinski definition) is 3. The van der Waals surface area contributed by atoms with Crippen molar-refractivity contribution in [3.63, 3.8) is 0 Å². The SMILES string of the molecule is CC1CCCN(C(=O)C2CCCN2C2CCNCC2)CC1. The van der Waals surface area contributed by atoms with Gasteiger partial charge in [-0.15, -0.1) is 0 Å². The molecule has 4 heteroatoms. The molecule has 0 spiro atoms. The summed E-state index contributed by atoms with van der Waals surface area (Å²) in [7, 11) is 0. The summed E-state index contributed by atoms with van der Waals surface area (Å²) in [5.41, 5.74) is 0. The number of nitrogens with one attached hydrogen (secondary N) is 1. The quantitative estimate of drug-likeness (QED) is 0.844. The van der Waals surface area contributed by atoms with Gasteiger partial charge in [0, 0.05) is 19.1 Å². The first kappa shape index (κ1) is 15.3. The highest BCUT2D eigenvalue weighted by Crippen LogP contribution is 2.27. The molecule has 3 saturated heterocycles. The van der Waals surface area contributed by atoms with Crippen LogP contribution in [0.25, 0.3) is 0 Å². The third-order valence-electron chi connectivity index (χ3n) is 5.69. The van der Waals surface area contributed by atoms with Gasteiger partial charge in [0.2, 0.25) is 5.91 Å². The molecule has 2 atom stereocenters. The van der Waals surface area contributed by atoms with Gasteiger partial charge < -0.3 is 10.2 Å². The molecule has 0 radical (unpaired) electrons. The van der Waals surface area contributed by atoms with Crippen LogP contribution in [0.1, 0.15) is 51.9 Å². The van der Waals surface area contributed by atoms with Gasteiger partial charge in [0.15, 0.2) is 0 Å². The van der Waals surface area contributed by atoms with Crippen LogP contribution in [0.5, 0.6) is 0 Å². The van der Waals surface area contributed by atoms with Crippen molar-refractivity contribution in [2.24, 2.45) is 5.92 Å². The molecule has 3 heterocycles. The molecule has 1 amide bonds. The van der Waals surface area contributed by atoms with Crippen LogP contribution in [0.2, 0.25) is 0 Å². The molecule has 21 heavy (non-hydrogen) atoms. The van der Waals surface area contributed by atoms with E-state index in [0.29, 0.717) is 11.9 Å². The molecule has 0 aromatic heterocycles. The number of amides is 1.